The number of amidine groups is 1. The van der Waals surface area contributed by atoms with E-state index < -0.39 is 0 Å². The van der Waals surface area contributed by atoms with Gasteiger partial charge in [0.25, 0.3) is 0 Å². The number of nitrogens with one attached hydrogen (secondary N) is 1. The van der Waals surface area contributed by atoms with Crippen LogP contribution in [0.15, 0.2) is 18.2 Å². The summed E-state index contributed by atoms with van der Waals surface area (Å²) in [6.45, 7) is 7.29. The quantitative estimate of drug-likeness (QED) is 0.905. The number of nitrogens with zero attached hydrogens (tertiary/aromatic N) is 2. The molecule has 4 heteroatoms. The number of hydrogen-bond acceptors (Lipinski definition) is 2. The van der Waals surface area contributed by atoms with Crippen molar-refractivity contribution in [3.8, 4) is 0 Å². The predicted octanol–water partition coefficient (Wildman–Crippen LogP) is 2.31. The average molecular weight is 261 g/mol. The summed E-state index contributed by atoms with van der Waals surface area (Å²) in [5.74, 6) is 0.882. The molecule has 0 radical (unpaired) electrons. The Kier molecular flexibility index (Phi) is 3.27. The van der Waals surface area contributed by atoms with Crippen LogP contribution in [0.3, 0.4) is 0 Å². The van der Waals surface area contributed by atoms with Gasteiger partial charge in [-0.3, -0.25) is 5.41 Å². The van der Waals surface area contributed by atoms with Crippen LogP contribution < -0.4 is 0 Å². The maximum Gasteiger partial charge on any atom is 0.128 e. The monoisotopic (exact) mass is 261 g/mol. The average Bonchev–Trinajstić information content (AvgIpc) is 2.97. The van der Waals surface area contributed by atoms with Gasteiger partial charge < -0.3 is 9.80 Å². The van der Waals surface area contributed by atoms with Gasteiger partial charge in [-0.1, -0.05) is 13.0 Å². The molecule has 0 bridgehead atoms. The van der Waals surface area contributed by atoms with Crippen molar-refractivity contribution in [1.29, 1.82) is 5.41 Å². The van der Waals surface area contributed by atoms with E-state index in [1.807, 2.05) is 6.07 Å². The lowest BCUT2D eigenvalue weighted by atomic mass is 10.1. The highest BCUT2D eigenvalue weighted by Crippen LogP contribution is 2.26. The molecular formula is C15H20FN3. The van der Waals surface area contributed by atoms with E-state index in [9.17, 15) is 4.39 Å². The van der Waals surface area contributed by atoms with Crippen LogP contribution in [-0.4, -0.2) is 41.8 Å². The highest BCUT2D eigenvalue weighted by Gasteiger charge is 2.29. The molecule has 1 aromatic rings. The zero-order valence-corrected chi connectivity index (χ0v) is 11.3. The Bertz CT molecular complexity index is 500. The van der Waals surface area contributed by atoms with E-state index in [1.54, 1.807) is 0 Å². The lowest BCUT2D eigenvalue weighted by molar-refractivity contribution is 0.307. The standard InChI is InChI=1S/C15H20FN3/c1-2-18-6-5-11(8-18)9-19-10-12-3-4-13(16)7-14(12)15(19)17/h3-4,7,11,17H,2,5-6,8-10H2,1H3. The normalized spacial score (nSPS) is 23.2. The first-order valence-electron chi connectivity index (χ1n) is 7.02. The lowest BCUT2D eigenvalue weighted by Gasteiger charge is -2.22. The van der Waals surface area contributed by atoms with Crippen LogP contribution in [0.4, 0.5) is 4.39 Å². The van der Waals surface area contributed by atoms with Gasteiger partial charge in [-0.05, 0) is 43.1 Å². The summed E-state index contributed by atoms with van der Waals surface area (Å²) in [6.07, 6.45) is 1.21. The maximum absolute atomic E-state index is 13.2. The molecular weight excluding hydrogens is 241 g/mol. The third-order valence-electron chi connectivity index (χ3n) is 4.30. The van der Waals surface area contributed by atoms with Crippen molar-refractivity contribution in [2.75, 3.05) is 26.2 Å². The molecule has 1 saturated heterocycles. The van der Waals surface area contributed by atoms with Crippen molar-refractivity contribution >= 4 is 5.84 Å². The highest BCUT2D eigenvalue weighted by atomic mass is 19.1. The molecule has 1 N–H and O–H groups in total. The van der Waals surface area contributed by atoms with E-state index in [-0.39, 0.29) is 5.82 Å². The molecule has 0 saturated carbocycles. The third-order valence-corrected chi connectivity index (χ3v) is 4.30. The zero-order chi connectivity index (χ0) is 13.4. The summed E-state index contributed by atoms with van der Waals surface area (Å²) >= 11 is 0. The third kappa shape index (κ3) is 2.37. The summed E-state index contributed by atoms with van der Waals surface area (Å²) in [5, 5.41) is 8.19. The second kappa shape index (κ2) is 4.93. The van der Waals surface area contributed by atoms with E-state index in [1.165, 1.54) is 25.1 Å². The molecule has 0 amide bonds. The van der Waals surface area contributed by atoms with Gasteiger partial charge in [0.1, 0.15) is 11.7 Å². The Labute approximate surface area is 113 Å². The molecule has 0 aliphatic carbocycles. The smallest absolute Gasteiger partial charge is 0.128 e. The van der Waals surface area contributed by atoms with Crippen molar-refractivity contribution in [3.05, 3.63) is 35.1 Å². The molecule has 1 unspecified atom stereocenters. The van der Waals surface area contributed by atoms with E-state index in [0.29, 0.717) is 11.8 Å². The van der Waals surface area contributed by atoms with Crippen molar-refractivity contribution in [2.24, 2.45) is 5.92 Å². The second-order valence-electron chi connectivity index (χ2n) is 5.58. The molecule has 2 aliphatic heterocycles. The van der Waals surface area contributed by atoms with Crippen LogP contribution in [0.2, 0.25) is 0 Å². The number of rotatable bonds is 3. The Morgan fingerprint density at radius 1 is 1.42 bits per heavy atom. The van der Waals surface area contributed by atoms with Crippen LogP contribution in [-0.2, 0) is 6.54 Å². The molecule has 19 heavy (non-hydrogen) atoms. The zero-order valence-electron chi connectivity index (χ0n) is 11.3. The minimum absolute atomic E-state index is 0.247. The van der Waals surface area contributed by atoms with Crippen molar-refractivity contribution in [1.82, 2.24) is 9.80 Å². The van der Waals surface area contributed by atoms with Crippen LogP contribution in [0.5, 0.6) is 0 Å². The van der Waals surface area contributed by atoms with Gasteiger partial charge in [0, 0.05) is 25.2 Å². The first kappa shape index (κ1) is 12.6. The topological polar surface area (TPSA) is 30.3 Å². The van der Waals surface area contributed by atoms with Crippen LogP contribution in [0.25, 0.3) is 0 Å². The van der Waals surface area contributed by atoms with Gasteiger partial charge in [0.05, 0.1) is 0 Å². The maximum atomic E-state index is 13.2. The van der Waals surface area contributed by atoms with Crippen molar-refractivity contribution in [2.45, 2.75) is 19.9 Å². The first-order chi connectivity index (χ1) is 9.17. The van der Waals surface area contributed by atoms with Gasteiger partial charge in [0.2, 0.25) is 0 Å². The summed E-state index contributed by atoms with van der Waals surface area (Å²) in [5.41, 5.74) is 1.85. The first-order valence-corrected chi connectivity index (χ1v) is 7.02. The largest absolute Gasteiger partial charge is 0.352 e. The van der Waals surface area contributed by atoms with E-state index in [4.69, 9.17) is 5.41 Å². The van der Waals surface area contributed by atoms with Gasteiger partial charge in [-0.25, -0.2) is 4.39 Å². The molecule has 1 aromatic carbocycles. The summed E-state index contributed by atoms with van der Waals surface area (Å²) < 4.78 is 13.2. The van der Waals surface area contributed by atoms with Crippen molar-refractivity contribution in [3.63, 3.8) is 0 Å². The van der Waals surface area contributed by atoms with E-state index in [2.05, 4.69) is 16.7 Å². The minimum Gasteiger partial charge on any atom is -0.352 e. The number of hydrogen-bond donors (Lipinski definition) is 1. The lowest BCUT2D eigenvalue weighted by Crippen LogP contribution is -2.31. The fraction of sp³-hybridized carbons (Fsp3) is 0.533. The summed E-state index contributed by atoms with van der Waals surface area (Å²) in [7, 11) is 0. The highest BCUT2D eigenvalue weighted by molar-refractivity contribution is 6.00. The van der Waals surface area contributed by atoms with Gasteiger partial charge >= 0.3 is 0 Å². The fourth-order valence-electron chi connectivity index (χ4n) is 3.18. The second-order valence-corrected chi connectivity index (χ2v) is 5.58. The van der Waals surface area contributed by atoms with Crippen molar-refractivity contribution < 1.29 is 4.39 Å². The number of benzene rings is 1. The Morgan fingerprint density at radius 3 is 3.00 bits per heavy atom. The Balaban J connectivity index is 1.67. The van der Waals surface area contributed by atoms with E-state index in [0.717, 1.165) is 37.3 Å². The SMILES string of the molecule is CCN1CCC(CN2Cc3ccc(F)cc3C2=N)C1. The summed E-state index contributed by atoms with van der Waals surface area (Å²) in [4.78, 5) is 4.55. The molecule has 0 spiro atoms. The number of fused-ring (bicyclic) bond motifs is 1. The molecule has 0 aromatic heterocycles. The molecule has 1 fully saturated rings. The number of likely N-dealkylation sites (tertiary alicyclic amines) is 1. The Hall–Kier alpha value is -1.42. The molecule has 3 rings (SSSR count). The molecule has 2 aliphatic rings. The van der Waals surface area contributed by atoms with Crippen LogP contribution in [0.1, 0.15) is 24.5 Å². The van der Waals surface area contributed by atoms with Gasteiger partial charge in [-0.2, -0.15) is 0 Å². The molecule has 3 nitrogen and oxygen atoms in total. The molecule has 2 heterocycles. The minimum atomic E-state index is -0.247. The molecule has 102 valence electrons. The van der Waals surface area contributed by atoms with Crippen LogP contribution in [0, 0.1) is 17.1 Å². The predicted molar refractivity (Wildman–Crippen MR) is 73.9 cm³/mol. The van der Waals surface area contributed by atoms with E-state index >= 15 is 0 Å². The number of halogens is 1. The fourth-order valence-corrected chi connectivity index (χ4v) is 3.18. The van der Waals surface area contributed by atoms with Gasteiger partial charge in [0.15, 0.2) is 0 Å². The summed E-state index contributed by atoms with van der Waals surface area (Å²) in [6, 6.07) is 4.79. The molecule has 1 atom stereocenters. The Morgan fingerprint density at radius 2 is 2.26 bits per heavy atom. The van der Waals surface area contributed by atoms with Gasteiger partial charge in [-0.15, -0.1) is 0 Å². The van der Waals surface area contributed by atoms with Crippen LogP contribution >= 0.6 is 0 Å².